The van der Waals surface area contributed by atoms with Gasteiger partial charge in [0.25, 0.3) is 5.56 Å². The average molecular weight is 701 g/mol. The maximum Gasteiger partial charge on any atom is 0.338 e. The molecule has 1 aromatic heterocycles. The van der Waals surface area contributed by atoms with Crippen LogP contribution in [0.1, 0.15) is 36.1 Å². The van der Waals surface area contributed by atoms with Crippen molar-refractivity contribution in [3.8, 4) is 11.5 Å². The molecule has 0 unspecified atom stereocenters. The highest BCUT2D eigenvalue weighted by atomic mass is 127. The number of halogens is 2. The molecule has 4 aromatic rings. The van der Waals surface area contributed by atoms with E-state index in [1.807, 2.05) is 79.7 Å². The summed E-state index contributed by atoms with van der Waals surface area (Å²) < 4.78 is 19.8. The minimum atomic E-state index is -0.646. The molecule has 1 aliphatic rings. The molecule has 0 amide bonds. The topological polar surface area (TPSA) is 79.1 Å². The van der Waals surface area contributed by atoms with Crippen LogP contribution in [-0.2, 0) is 16.1 Å². The first-order valence-electron chi connectivity index (χ1n) is 12.8. The fraction of sp³-hybridized carbons (Fsp3) is 0.194. The molecule has 0 N–H and O–H groups in total. The molecule has 1 aliphatic heterocycles. The number of nitrogens with zero attached hydrogens (tertiary/aromatic N) is 2. The van der Waals surface area contributed by atoms with Crippen LogP contribution >= 0.6 is 45.5 Å². The second-order valence-electron chi connectivity index (χ2n) is 9.11. The lowest BCUT2D eigenvalue weighted by molar-refractivity contribution is -0.136. The van der Waals surface area contributed by atoms with Gasteiger partial charge in [0.1, 0.15) is 6.61 Å². The zero-order chi connectivity index (χ0) is 29.1. The van der Waals surface area contributed by atoms with Crippen molar-refractivity contribution in [1.82, 2.24) is 4.57 Å². The normalized spacial score (nSPS) is 14.9. The van der Waals surface area contributed by atoms with Crippen LogP contribution in [0.15, 0.2) is 87.8 Å². The van der Waals surface area contributed by atoms with Crippen LogP contribution in [0.5, 0.6) is 11.5 Å². The maximum atomic E-state index is 13.9. The zero-order valence-corrected chi connectivity index (χ0v) is 26.2. The van der Waals surface area contributed by atoms with Crippen molar-refractivity contribution in [3.63, 3.8) is 0 Å². The van der Waals surface area contributed by atoms with Crippen LogP contribution in [0.2, 0.25) is 5.02 Å². The van der Waals surface area contributed by atoms with E-state index in [-0.39, 0.29) is 12.2 Å². The Morgan fingerprint density at radius 1 is 1.12 bits per heavy atom. The highest BCUT2D eigenvalue weighted by molar-refractivity contribution is 14.1. The van der Waals surface area contributed by atoms with Crippen molar-refractivity contribution >= 4 is 57.6 Å². The van der Waals surface area contributed by atoms with Gasteiger partial charge < -0.3 is 14.2 Å². The van der Waals surface area contributed by atoms with E-state index < -0.39 is 12.0 Å². The first-order valence-corrected chi connectivity index (χ1v) is 15.0. The van der Waals surface area contributed by atoms with Crippen LogP contribution in [0.3, 0.4) is 0 Å². The molecule has 3 aromatic carbocycles. The first kappa shape index (κ1) is 29.1. The van der Waals surface area contributed by atoms with Gasteiger partial charge in [-0.2, -0.15) is 0 Å². The number of rotatable bonds is 8. The summed E-state index contributed by atoms with van der Waals surface area (Å²) in [4.78, 5) is 32.1. The maximum absolute atomic E-state index is 13.9. The minimum Gasteiger partial charge on any atom is -0.493 e. The molecule has 1 atom stereocenters. The van der Waals surface area contributed by atoms with Crippen molar-refractivity contribution in [2.45, 2.75) is 26.0 Å². The quantitative estimate of drug-likeness (QED) is 0.176. The summed E-state index contributed by atoms with van der Waals surface area (Å²) >= 11 is 9.77. The van der Waals surface area contributed by atoms with E-state index in [2.05, 4.69) is 22.6 Å². The summed E-state index contributed by atoms with van der Waals surface area (Å²) in [5, 5.41) is 0.629. The molecule has 0 aliphatic carbocycles. The lowest BCUT2D eigenvalue weighted by atomic mass is 9.95. The minimum absolute atomic E-state index is 0.243. The monoisotopic (exact) mass is 700 g/mol. The summed E-state index contributed by atoms with van der Waals surface area (Å²) in [5.41, 5.74) is 3.17. The Kier molecular flexibility index (Phi) is 8.96. The predicted octanol–water partition coefficient (Wildman–Crippen LogP) is 5.64. The Hall–Kier alpha value is -3.41. The Morgan fingerprint density at radius 2 is 1.85 bits per heavy atom. The molecule has 0 spiro atoms. The van der Waals surface area contributed by atoms with Crippen LogP contribution in [0.25, 0.3) is 6.08 Å². The molecule has 0 bridgehead atoms. The number of carbonyl (C=O) groups is 1. The van der Waals surface area contributed by atoms with Gasteiger partial charge in [0.15, 0.2) is 16.3 Å². The number of thiazole rings is 1. The van der Waals surface area contributed by atoms with Gasteiger partial charge in [-0.1, -0.05) is 78.4 Å². The number of aromatic nitrogens is 1. The summed E-state index contributed by atoms with van der Waals surface area (Å²) in [5.74, 6) is 0.623. The number of carbonyl (C=O) groups excluding carboxylic acids is 1. The third kappa shape index (κ3) is 5.84. The average Bonchev–Trinajstić information content (AvgIpc) is 3.30. The number of hydrogen-bond donors (Lipinski definition) is 0. The van der Waals surface area contributed by atoms with Crippen molar-refractivity contribution in [2.24, 2.45) is 4.99 Å². The summed E-state index contributed by atoms with van der Waals surface area (Å²) in [6.07, 6.45) is 2.33. The second kappa shape index (κ2) is 12.6. The lowest BCUT2D eigenvalue weighted by Gasteiger charge is -2.25. The van der Waals surface area contributed by atoms with E-state index >= 15 is 0 Å². The number of fused-ring (bicyclic) bond motifs is 1. The molecule has 41 heavy (non-hydrogen) atoms. The number of hydrogen-bond acceptors (Lipinski definition) is 7. The highest BCUT2D eigenvalue weighted by Gasteiger charge is 2.33. The molecule has 10 heteroatoms. The highest BCUT2D eigenvalue weighted by Crippen LogP contribution is 2.35. The number of methoxy groups -OCH3 is 2. The Balaban J connectivity index is 1.59. The van der Waals surface area contributed by atoms with Crippen molar-refractivity contribution in [1.29, 1.82) is 0 Å². The van der Waals surface area contributed by atoms with Crippen molar-refractivity contribution in [2.75, 3.05) is 14.2 Å². The second-order valence-corrected chi connectivity index (χ2v) is 11.7. The van der Waals surface area contributed by atoms with Crippen molar-refractivity contribution in [3.05, 3.63) is 123 Å². The summed E-state index contributed by atoms with van der Waals surface area (Å²) in [6.45, 7) is 2.22. The largest absolute Gasteiger partial charge is 0.493 e. The molecular formula is C31H26ClIN2O5S. The zero-order valence-electron chi connectivity index (χ0n) is 22.5. The molecule has 2 heterocycles. The van der Waals surface area contributed by atoms with E-state index in [1.165, 1.54) is 18.4 Å². The van der Waals surface area contributed by atoms with Gasteiger partial charge in [0, 0.05) is 10.6 Å². The van der Waals surface area contributed by atoms with Gasteiger partial charge >= 0.3 is 5.97 Å². The van der Waals surface area contributed by atoms with Gasteiger partial charge in [-0.3, -0.25) is 9.36 Å². The molecule has 210 valence electrons. The van der Waals surface area contributed by atoms with E-state index in [4.69, 9.17) is 30.8 Å². The predicted molar refractivity (Wildman–Crippen MR) is 168 cm³/mol. The fourth-order valence-electron chi connectivity index (χ4n) is 4.69. The number of allylic oxidation sites excluding steroid dienone is 1. The molecule has 5 rings (SSSR count). The number of esters is 1. The van der Waals surface area contributed by atoms with E-state index in [0.29, 0.717) is 43.5 Å². The van der Waals surface area contributed by atoms with Gasteiger partial charge in [0.2, 0.25) is 0 Å². The van der Waals surface area contributed by atoms with E-state index in [9.17, 15) is 9.59 Å². The number of ether oxygens (including phenoxy) is 3. The van der Waals surface area contributed by atoms with E-state index in [1.54, 1.807) is 11.7 Å². The third-order valence-corrected chi connectivity index (χ3v) is 8.80. The molecule has 0 saturated heterocycles. The van der Waals surface area contributed by atoms with Gasteiger partial charge in [-0.25, -0.2) is 9.79 Å². The van der Waals surface area contributed by atoms with Gasteiger partial charge in [-0.15, -0.1) is 0 Å². The SMILES string of the molecule is CCC1=C(C(=O)OC)[C@H](c2ccccc2)n2c(s/c(=C\c3cc(I)c(OCc4ccccc4Cl)c(OC)c3)c2=O)=N1. The Bertz CT molecular complexity index is 1830. The third-order valence-electron chi connectivity index (χ3n) is 6.64. The molecule has 0 saturated carbocycles. The van der Waals surface area contributed by atoms with Crippen LogP contribution < -0.4 is 24.4 Å². The van der Waals surface area contributed by atoms with E-state index in [0.717, 1.165) is 20.3 Å². The summed E-state index contributed by atoms with van der Waals surface area (Å²) in [7, 11) is 2.92. The molecule has 0 radical (unpaired) electrons. The van der Waals surface area contributed by atoms with Crippen molar-refractivity contribution < 1.29 is 19.0 Å². The smallest absolute Gasteiger partial charge is 0.338 e. The van der Waals surface area contributed by atoms with Gasteiger partial charge in [0.05, 0.1) is 39.6 Å². The first-order chi connectivity index (χ1) is 19.9. The molecular weight excluding hydrogens is 675 g/mol. The van der Waals surface area contributed by atoms with Crippen LogP contribution in [0, 0.1) is 3.57 Å². The Morgan fingerprint density at radius 3 is 2.54 bits per heavy atom. The molecule has 0 fully saturated rings. The van der Waals surface area contributed by atoms with Gasteiger partial charge in [-0.05, 0) is 64.4 Å². The summed E-state index contributed by atoms with van der Waals surface area (Å²) in [6, 6.07) is 20.1. The lowest BCUT2D eigenvalue weighted by Crippen LogP contribution is -2.40. The van der Waals surface area contributed by atoms with Crippen LogP contribution in [0.4, 0.5) is 0 Å². The molecule has 7 nitrogen and oxygen atoms in total. The Labute approximate surface area is 259 Å². The standard InChI is InChI=1S/C31H26ClIN2O5S/c1-4-23-26(30(37)39-3)27(19-10-6-5-7-11-19)35-29(36)25(41-31(35)34-23)16-18-14-22(33)28(24(15-18)38-2)40-17-20-12-8-9-13-21(20)32/h5-16,27H,4,17H2,1-3H3/b25-16-/t27-/m0/s1. The number of benzene rings is 3. The van der Waals surface area contributed by atoms with Crippen LogP contribution in [-0.4, -0.2) is 24.8 Å². The fourth-order valence-corrected chi connectivity index (χ4v) is 6.69.